The van der Waals surface area contributed by atoms with E-state index in [0.717, 1.165) is 28.1 Å². The average molecular weight is 514 g/mol. The van der Waals surface area contributed by atoms with E-state index in [1.54, 1.807) is 18.3 Å². The predicted molar refractivity (Wildman–Crippen MR) is 154 cm³/mol. The van der Waals surface area contributed by atoms with Gasteiger partial charge in [0.05, 0.1) is 11.7 Å². The van der Waals surface area contributed by atoms with Crippen LogP contribution in [0.3, 0.4) is 0 Å². The first-order valence-corrected chi connectivity index (χ1v) is 12.5. The average Bonchev–Trinajstić information content (AvgIpc) is 2.97. The number of nitrogens with zero attached hydrogens (tertiary/aromatic N) is 2. The Bertz CT molecular complexity index is 1530. The highest BCUT2D eigenvalue weighted by Crippen LogP contribution is 2.24. The van der Waals surface area contributed by atoms with Crippen molar-refractivity contribution in [3.05, 3.63) is 138 Å². The van der Waals surface area contributed by atoms with Crippen molar-refractivity contribution < 1.29 is 9.59 Å². The van der Waals surface area contributed by atoms with Gasteiger partial charge in [0.25, 0.3) is 5.91 Å². The first-order valence-electron chi connectivity index (χ1n) is 12.5. The summed E-state index contributed by atoms with van der Waals surface area (Å²) in [5.41, 5.74) is 5.54. The highest BCUT2D eigenvalue weighted by Gasteiger charge is 2.18. The largest absolute Gasteiger partial charge is 0.341 e. The van der Waals surface area contributed by atoms with Crippen molar-refractivity contribution in [1.82, 2.24) is 15.3 Å². The maximum atomic E-state index is 13.3. The Kier molecular flexibility index (Phi) is 7.69. The highest BCUT2D eigenvalue weighted by atomic mass is 16.2. The van der Waals surface area contributed by atoms with Gasteiger partial charge in [-0.15, -0.1) is 0 Å². The van der Waals surface area contributed by atoms with Crippen LogP contribution in [0.4, 0.5) is 17.3 Å². The number of nitrogens with one attached hydrogen (secondary N) is 3. The van der Waals surface area contributed by atoms with Gasteiger partial charge >= 0.3 is 0 Å². The molecule has 2 amide bonds. The van der Waals surface area contributed by atoms with Crippen LogP contribution < -0.4 is 16.0 Å². The fourth-order valence-corrected chi connectivity index (χ4v) is 4.24. The molecule has 5 rings (SSSR count). The smallest absolute Gasteiger partial charge is 0.252 e. The van der Waals surface area contributed by atoms with E-state index in [4.69, 9.17) is 0 Å². The molecule has 0 atom stereocenters. The summed E-state index contributed by atoms with van der Waals surface area (Å²) in [6.07, 6.45) is 1.67. The molecule has 0 aliphatic carbocycles. The second kappa shape index (κ2) is 11.8. The molecular weight excluding hydrogens is 486 g/mol. The van der Waals surface area contributed by atoms with Crippen molar-refractivity contribution in [2.45, 2.75) is 13.0 Å². The van der Waals surface area contributed by atoms with Gasteiger partial charge in [0.2, 0.25) is 11.9 Å². The zero-order chi connectivity index (χ0) is 27.0. The number of carbonyl (C=O) groups excluding carboxylic acids is 2. The van der Waals surface area contributed by atoms with E-state index < -0.39 is 0 Å². The molecule has 0 aliphatic rings. The van der Waals surface area contributed by atoms with Crippen LogP contribution in [0.5, 0.6) is 0 Å². The molecule has 3 N–H and O–H groups in total. The van der Waals surface area contributed by atoms with Crippen molar-refractivity contribution in [3.63, 3.8) is 0 Å². The van der Waals surface area contributed by atoms with Gasteiger partial charge < -0.3 is 16.0 Å². The Hall–Kier alpha value is -5.30. The van der Waals surface area contributed by atoms with Crippen LogP contribution in [0, 0.1) is 0 Å². The number of hydrogen-bond acceptors (Lipinski definition) is 5. The van der Waals surface area contributed by atoms with Crippen LogP contribution in [-0.2, 0) is 4.79 Å². The summed E-state index contributed by atoms with van der Waals surface area (Å²) in [4.78, 5) is 33.6. The Morgan fingerprint density at radius 1 is 0.718 bits per heavy atom. The molecule has 0 unspecified atom stereocenters. The molecular formula is C32H27N5O2. The monoisotopic (exact) mass is 513 g/mol. The molecule has 4 aromatic carbocycles. The van der Waals surface area contributed by atoms with E-state index in [0.29, 0.717) is 17.2 Å². The Labute approximate surface area is 227 Å². The molecule has 1 heterocycles. The van der Waals surface area contributed by atoms with Crippen LogP contribution in [-0.4, -0.2) is 21.8 Å². The summed E-state index contributed by atoms with van der Waals surface area (Å²) < 4.78 is 0. The van der Waals surface area contributed by atoms with Crippen LogP contribution in [0.15, 0.2) is 121 Å². The minimum absolute atomic E-state index is 0.122. The van der Waals surface area contributed by atoms with E-state index in [-0.39, 0.29) is 17.9 Å². The summed E-state index contributed by atoms with van der Waals surface area (Å²) in [6, 6.07) is 36.0. The summed E-state index contributed by atoms with van der Waals surface area (Å²) in [6.45, 7) is 1.47. The van der Waals surface area contributed by atoms with Gasteiger partial charge in [0, 0.05) is 35.6 Å². The molecule has 1 aromatic heterocycles. The first kappa shape index (κ1) is 25.4. The fourth-order valence-electron chi connectivity index (χ4n) is 4.24. The third-order valence-corrected chi connectivity index (χ3v) is 6.08. The number of rotatable bonds is 8. The summed E-state index contributed by atoms with van der Waals surface area (Å²) in [7, 11) is 0. The topological polar surface area (TPSA) is 96.0 Å². The van der Waals surface area contributed by atoms with Gasteiger partial charge in [-0.1, -0.05) is 78.9 Å². The molecule has 0 saturated carbocycles. The standard InChI is InChI=1S/C32H27N5O2/c1-22(38)34-27-17-15-23(16-18-27)29-19-20-33-32(36-29)35-28-14-8-13-26(21-28)31(39)37-30(24-9-4-2-5-10-24)25-11-6-3-7-12-25/h2-21,30H,1H3,(H,34,38)(H,37,39)(H,33,35,36). The second-order valence-electron chi connectivity index (χ2n) is 8.96. The van der Waals surface area contributed by atoms with Crippen LogP contribution in [0.2, 0.25) is 0 Å². The molecule has 7 nitrogen and oxygen atoms in total. The van der Waals surface area contributed by atoms with Gasteiger partial charge in [-0.3, -0.25) is 9.59 Å². The number of aromatic nitrogens is 2. The van der Waals surface area contributed by atoms with Gasteiger partial charge in [-0.25, -0.2) is 9.97 Å². The lowest BCUT2D eigenvalue weighted by Gasteiger charge is -2.20. The molecule has 0 spiro atoms. The molecule has 39 heavy (non-hydrogen) atoms. The normalized spacial score (nSPS) is 10.6. The number of amides is 2. The van der Waals surface area contributed by atoms with E-state index >= 15 is 0 Å². The lowest BCUT2D eigenvalue weighted by atomic mass is 9.98. The lowest BCUT2D eigenvalue weighted by Crippen LogP contribution is -2.29. The Morgan fingerprint density at radius 3 is 2.03 bits per heavy atom. The summed E-state index contributed by atoms with van der Waals surface area (Å²) >= 11 is 0. The zero-order valence-electron chi connectivity index (χ0n) is 21.3. The maximum absolute atomic E-state index is 13.3. The zero-order valence-corrected chi connectivity index (χ0v) is 21.3. The Morgan fingerprint density at radius 2 is 1.38 bits per heavy atom. The van der Waals surface area contributed by atoms with Gasteiger partial charge in [-0.05, 0) is 47.5 Å². The van der Waals surface area contributed by atoms with Crippen LogP contribution in [0.1, 0.15) is 34.5 Å². The molecule has 0 saturated heterocycles. The molecule has 0 bridgehead atoms. The molecule has 7 heteroatoms. The van der Waals surface area contributed by atoms with Crippen molar-refractivity contribution >= 4 is 29.1 Å². The van der Waals surface area contributed by atoms with Crippen molar-refractivity contribution in [3.8, 4) is 11.3 Å². The quantitative estimate of drug-likeness (QED) is 0.224. The Balaban J connectivity index is 1.33. The molecule has 0 aliphatic heterocycles. The summed E-state index contributed by atoms with van der Waals surface area (Å²) in [5, 5.41) is 9.14. The number of hydrogen-bond donors (Lipinski definition) is 3. The highest BCUT2D eigenvalue weighted by molar-refractivity contribution is 5.95. The van der Waals surface area contributed by atoms with Crippen molar-refractivity contribution in [2.24, 2.45) is 0 Å². The third kappa shape index (κ3) is 6.53. The van der Waals surface area contributed by atoms with E-state index in [2.05, 4.69) is 25.9 Å². The number of anilines is 3. The van der Waals surface area contributed by atoms with E-state index in [1.807, 2.05) is 103 Å². The fraction of sp³-hybridized carbons (Fsp3) is 0.0625. The molecule has 5 aromatic rings. The van der Waals surface area contributed by atoms with Gasteiger partial charge in [0.1, 0.15) is 0 Å². The predicted octanol–water partition coefficient (Wildman–Crippen LogP) is 6.37. The van der Waals surface area contributed by atoms with Gasteiger partial charge in [0.15, 0.2) is 0 Å². The number of carbonyl (C=O) groups is 2. The summed E-state index contributed by atoms with van der Waals surface area (Å²) in [5.74, 6) is 0.0931. The first-order chi connectivity index (χ1) is 19.0. The second-order valence-corrected chi connectivity index (χ2v) is 8.96. The lowest BCUT2D eigenvalue weighted by molar-refractivity contribution is -0.114. The molecule has 0 radical (unpaired) electrons. The van der Waals surface area contributed by atoms with Crippen molar-refractivity contribution in [2.75, 3.05) is 10.6 Å². The number of benzene rings is 4. The van der Waals surface area contributed by atoms with Gasteiger partial charge in [-0.2, -0.15) is 0 Å². The van der Waals surface area contributed by atoms with Crippen LogP contribution >= 0.6 is 0 Å². The SMILES string of the molecule is CC(=O)Nc1ccc(-c2ccnc(Nc3cccc(C(=O)NC(c4ccccc4)c4ccccc4)c3)n2)cc1. The minimum Gasteiger partial charge on any atom is -0.341 e. The van der Waals surface area contributed by atoms with Crippen molar-refractivity contribution in [1.29, 1.82) is 0 Å². The minimum atomic E-state index is -0.284. The van der Waals surface area contributed by atoms with E-state index in [1.165, 1.54) is 6.92 Å². The third-order valence-electron chi connectivity index (χ3n) is 6.08. The molecule has 192 valence electrons. The molecule has 0 fully saturated rings. The van der Waals surface area contributed by atoms with Crippen LogP contribution in [0.25, 0.3) is 11.3 Å². The van der Waals surface area contributed by atoms with E-state index in [9.17, 15) is 9.59 Å². The maximum Gasteiger partial charge on any atom is 0.252 e.